The topological polar surface area (TPSA) is 37.3 Å². The summed E-state index contributed by atoms with van der Waals surface area (Å²) in [4.78, 5) is 11.7. The van der Waals surface area contributed by atoms with Crippen LogP contribution in [-0.4, -0.2) is 11.1 Å². The lowest BCUT2D eigenvalue weighted by atomic mass is 9.81. The minimum absolute atomic E-state index is 0.459. The quantitative estimate of drug-likeness (QED) is 0.492. The summed E-state index contributed by atoms with van der Waals surface area (Å²) in [6.45, 7) is 0. The van der Waals surface area contributed by atoms with Gasteiger partial charge in [0.05, 0.1) is 5.92 Å². The molecule has 110 valence electrons. The molecule has 0 fully saturated rings. The smallest absolute Gasteiger partial charge is 0.311 e. The van der Waals surface area contributed by atoms with E-state index in [1.807, 2.05) is 6.08 Å². The van der Waals surface area contributed by atoms with Gasteiger partial charge in [-0.25, -0.2) is 0 Å². The first kappa shape index (κ1) is 12.7. The van der Waals surface area contributed by atoms with E-state index in [0.29, 0.717) is 6.42 Å². The lowest BCUT2D eigenvalue weighted by Crippen LogP contribution is -2.15. The van der Waals surface area contributed by atoms with Crippen molar-refractivity contribution in [1.82, 2.24) is 0 Å². The average molecular weight is 298 g/mol. The van der Waals surface area contributed by atoms with Crippen molar-refractivity contribution in [2.75, 3.05) is 0 Å². The molecule has 1 atom stereocenters. The highest BCUT2D eigenvalue weighted by molar-refractivity contribution is 6.24. The van der Waals surface area contributed by atoms with Crippen molar-refractivity contribution in [3.63, 3.8) is 0 Å². The Hall–Kier alpha value is -2.87. The predicted molar refractivity (Wildman–Crippen MR) is 94.2 cm³/mol. The van der Waals surface area contributed by atoms with E-state index >= 15 is 0 Å². The molecule has 1 unspecified atom stereocenters. The first-order valence-electron chi connectivity index (χ1n) is 7.84. The highest BCUT2D eigenvalue weighted by Crippen LogP contribution is 2.42. The molecule has 0 radical (unpaired) electrons. The van der Waals surface area contributed by atoms with E-state index in [4.69, 9.17) is 0 Å². The Morgan fingerprint density at radius 1 is 0.957 bits per heavy atom. The van der Waals surface area contributed by atoms with E-state index in [-0.39, 0.29) is 0 Å². The summed E-state index contributed by atoms with van der Waals surface area (Å²) < 4.78 is 0. The third-order valence-corrected chi connectivity index (χ3v) is 5.04. The Balaban J connectivity index is 2.05. The zero-order chi connectivity index (χ0) is 15.6. The predicted octanol–water partition coefficient (Wildman–Crippen LogP) is 5.17. The first-order valence-corrected chi connectivity index (χ1v) is 7.84. The van der Waals surface area contributed by atoms with Gasteiger partial charge < -0.3 is 5.11 Å². The average Bonchev–Trinajstić information content (AvgIpc) is 2.58. The van der Waals surface area contributed by atoms with Crippen molar-refractivity contribution in [3.8, 4) is 0 Å². The molecular formula is C21H14O2. The van der Waals surface area contributed by atoms with Crippen molar-refractivity contribution < 1.29 is 9.90 Å². The number of fused-ring (bicyclic) bond motifs is 2. The van der Waals surface area contributed by atoms with E-state index in [0.717, 1.165) is 16.5 Å². The SMILES string of the molecule is O=C(O)C1CC=Cc2cc3ccc4cccc5ccc(c21)c3c45. The Morgan fingerprint density at radius 2 is 1.70 bits per heavy atom. The fourth-order valence-corrected chi connectivity index (χ4v) is 4.05. The number of rotatable bonds is 1. The van der Waals surface area contributed by atoms with Gasteiger partial charge in [0.2, 0.25) is 0 Å². The summed E-state index contributed by atoms with van der Waals surface area (Å²) in [7, 11) is 0. The van der Waals surface area contributed by atoms with Gasteiger partial charge in [-0.1, -0.05) is 54.6 Å². The van der Waals surface area contributed by atoms with E-state index in [1.165, 1.54) is 26.9 Å². The number of hydrogen-bond acceptors (Lipinski definition) is 1. The Labute approximate surface area is 133 Å². The highest BCUT2D eigenvalue weighted by Gasteiger charge is 2.27. The summed E-state index contributed by atoms with van der Waals surface area (Å²) in [6.07, 6.45) is 4.59. The van der Waals surface area contributed by atoms with Crippen LogP contribution in [0.5, 0.6) is 0 Å². The van der Waals surface area contributed by atoms with Crippen LogP contribution in [0.4, 0.5) is 0 Å². The summed E-state index contributed by atoms with van der Waals surface area (Å²) >= 11 is 0. The Morgan fingerprint density at radius 3 is 2.48 bits per heavy atom. The summed E-state index contributed by atoms with van der Waals surface area (Å²) in [6, 6.07) is 16.9. The molecule has 0 bridgehead atoms. The number of carboxylic acid groups (broad SMARTS) is 1. The molecule has 23 heavy (non-hydrogen) atoms. The van der Waals surface area contributed by atoms with Crippen LogP contribution in [0.25, 0.3) is 38.4 Å². The van der Waals surface area contributed by atoms with Gasteiger partial charge in [0.1, 0.15) is 0 Å². The molecule has 0 aromatic heterocycles. The fourth-order valence-electron chi connectivity index (χ4n) is 4.05. The largest absolute Gasteiger partial charge is 0.481 e. The zero-order valence-electron chi connectivity index (χ0n) is 12.4. The zero-order valence-corrected chi connectivity index (χ0v) is 12.4. The second-order valence-electron chi connectivity index (χ2n) is 6.26. The van der Waals surface area contributed by atoms with Crippen molar-refractivity contribution in [2.24, 2.45) is 0 Å². The molecule has 2 heteroatoms. The van der Waals surface area contributed by atoms with Gasteiger partial charge in [0, 0.05) is 0 Å². The molecule has 2 nitrogen and oxygen atoms in total. The first-order chi connectivity index (χ1) is 11.2. The van der Waals surface area contributed by atoms with Crippen molar-refractivity contribution in [2.45, 2.75) is 12.3 Å². The molecule has 5 rings (SSSR count). The van der Waals surface area contributed by atoms with Crippen LogP contribution in [0.1, 0.15) is 23.5 Å². The highest BCUT2D eigenvalue weighted by atomic mass is 16.4. The van der Waals surface area contributed by atoms with Gasteiger partial charge in [0.25, 0.3) is 0 Å². The second kappa shape index (κ2) is 4.32. The summed E-state index contributed by atoms with van der Waals surface area (Å²) in [5.74, 6) is -1.20. The van der Waals surface area contributed by atoms with Crippen LogP contribution in [-0.2, 0) is 4.79 Å². The van der Waals surface area contributed by atoms with Crippen LogP contribution >= 0.6 is 0 Å². The maximum atomic E-state index is 11.7. The van der Waals surface area contributed by atoms with Gasteiger partial charge in [0.15, 0.2) is 0 Å². The molecule has 1 N–H and O–H groups in total. The molecule has 0 heterocycles. The van der Waals surface area contributed by atoms with Gasteiger partial charge in [-0.15, -0.1) is 0 Å². The van der Waals surface area contributed by atoms with Crippen LogP contribution in [0.15, 0.2) is 54.6 Å². The van der Waals surface area contributed by atoms with Crippen LogP contribution in [0.3, 0.4) is 0 Å². The lowest BCUT2D eigenvalue weighted by molar-refractivity contribution is -0.138. The number of hydrogen-bond donors (Lipinski definition) is 1. The molecule has 4 aromatic rings. The molecule has 0 saturated carbocycles. The van der Waals surface area contributed by atoms with Crippen LogP contribution < -0.4 is 0 Å². The number of carbonyl (C=O) groups is 1. The lowest BCUT2D eigenvalue weighted by Gasteiger charge is -2.22. The minimum atomic E-state index is -0.745. The molecule has 0 saturated heterocycles. The van der Waals surface area contributed by atoms with Gasteiger partial charge >= 0.3 is 5.97 Å². The monoisotopic (exact) mass is 298 g/mol. The number of allylic oxidation sites excluding steroid dienone is 1. The summed E-state index contributed by atoms with van der Waals surface area (Å²) in [5, 5.41) is 16.8. The maximum absolute atomic E-state index is 11.7. The molecule has 1 aliphatic carbocycles. The van der Waals surface area contributed by atoms with Crippen LogP contribution in [0.2, 0.25) is 0 Å². The van der Waals surface area contributed by atoms with Crippen molar-refractivity contribution >= 4 is 44.4 Å². The number of benzene rings is 4. The Kier molecular flexibility index (Phi) is 2.38. The molecule has 0 aliphatic heterocycles. The standard InChI is InChI=1S/C21H14O2/c22-21(23)17-6-2-5-14-11-15-8-7-12-3-1-4-13-9-10-16(19(14)17)20(15)18(12)13/h1-5,7-11,17H,6H2,(H,22,23). The number of carboxylic acids is 1. The minimum Gasteiger partial charge on any atom is -0.481 e. The molecule has 0 spiro atoms. The number of aliphatic carboxylic acids is 1. The van der Waals surface area contributed by atoms with Gasteiger partial charge in [-0.3, -0.25) is 4.79 Å². The third-order valence-electron chi connectivity index (χ3n) is 5.04. The van der Waals surface area contributed by atoms with Crippen molar-refractivity contribution in [1.29, 1.82) is 0 Å². The Bertz CT molecular complexity index is 1110. The molecular weight excluding hydrogens is 284 g/mol. The maximum Gasteiger partial charge on any atom is 0.311 e. The third kappa shape index (κ3) is 1.61. The summed E-state index contributed by atoms with van der Waals surface area (Å²) in [5.41, 5.74) is 2.00. The van der Waals surface area contributed by atoms with E-state index in [2.05, 4.69) is 54.6 Å². The van der Waals surface area contributed by atoms with Crippen molar-refractivity contribution in [3.05, 3.63) is 65.7 Å². The van der Waals surface area contributed by atoms with Crippen LogP contribution in [0, 0.1) is 0 Å². The second-order valence-corrected chi connectivity index (χ2v) is 6.26. The van der Waals surface area contributed by atoms with Gasteiger partial charge in [-0.05, 0) is 55.9 Å². The molecule has 0 amide bonds. The van der Waals surface area contributed by atoms with E-state index in [1.54, 1.807) is 0 Å². The molecule has 1 aliphatic rings. The normalized spacial score (nSPS) is 17.1. The van der Waals surface area contributed by atoms with E-state index in [9.17, 15) is 9.90 Å². The van der Waals surface area contributed by atoms with E-state index < -0.39 is 11.9 Å². The molecule has 4 aromatic carbocycles. The fraction of sp³-hybridized carbons (Fsp3) is 0.0952. The van der Waals surface area contributed by atoms with Gasteiger partial charge in [-0.2, -0.15) is 0 Å².